The Morgan fingerprint density at radius 2 is 2.33 bits per heavy atom. The topological polar surface area (TPSA) is 64.6 Å². The molecule has 0 aromatic rings. The summed E-state index contributed by atoms with van der Waals surface area (Å²) in [7, 11) is 0. The van der Waals surface area contributed by atoms with E-state index in [9.17, 15) is 9.90 Å². The van der Waals surface area contributed by atoms with Gasteiger partial charge >= 0.3 is 0 Å². The van der Waals surface area contributed by atoms with Gasteiger partial charge in [-0.15, -0.1) is 0 Å². The van der Waals surface area contributed by atoms with Crippen molar-refractivity contribution in [3.05, 3.63) is 0 Å². The number of carbonyl (C=O) groups is 1. The maximum atomic E-state index is 11.8. The molecule has 0 aromatic carbocycles. The molecule has 0 radical (unpaired) electrons. The number of nitrogens with zero attached hydrogens (tertiary/aromatic N) is 1. The first-order valence-corrected chi connectivity index (χ1v) is 5.54. The summed E-state index contributed by atoms with van der Waals surface area (Å²) in [6, 6.07) is 0.439. The van der Waals surface area contributed by atoms with Crippen molar-refractivity contribution in [2.75, 3.05) is 13.1 Å². The first-order chi connectivity index (χ1) is 7.03. The van der Waals surface area contributed by atoms with Gasteiger partial charge in [0.2, 0.25) is 5.91 Å². The molecule has 0 aliphatic carbocycles. The maximum absolute atomic E-state index is 11.8. The molecule has 0 saturated carbocycles. The Bertz CT molecular complexity index is 269. The van der Waals surface area contributed by atoms with E-state index in [1.807, 2.05) is 0 Å². The van der Waals surface area contributed by atoms with Crippen molar-refractivity contribution in [1.82, 2.24) is 15.5 Å². The number of piperidine rings is 1. The molecule has 1 amide bonds. The molecular weight excluding hydrogens is 194 g/mol. The van der Waals surface area contributed by atoms with Crippen LogP contribution in [0.4, 0.5) is 0 Å². The van der Waals surface area contributed by atoms with Gasteiger partial charge in [0.25, 0.3) is 0 Å². The van der Waals surface area contributed by atoms with Gasteiger partial charge in [0.15, 0.2) is 6.35 Å². The summed E-state index contributed by atoms with van der Waals surface area (Å²) in [6.07, 6.45) is 0.911. The number of hydrogen-bond donors (Lipinski definition) is 3. The fourth-order valence-electron chi connectivity index (χ4n) is 2.46. The lowest BCUT2D eigenvalue weighted by Crippen LogP contribution is -2.60. The number of aliphatic hydroxyl groups excluding tert-OH is 1. The van der Waals surface area contributed by atoms with Crippen molar-refractivity contribution in [2.24, 2.45) is 0 Å². The molecule has 3 N–H and O–H groups in total. The van der Waals surface area contributed by atoms with Gasteiger partial charge in [0.05, 0.1) is 0 Å². The van der Waals surface area contributed by atoms with E-state index in [0.29, 0.717) is 12.6 Å². The van der Waals surface area contributed by atoms with Crippen molar-refractivity contribution >= 4 is 5.91 Å². The minimum Gasteiger partial charge on any atom is -0.361 e. The molecule has 0 bridgehead atoms. The second kappa shape index (κ2) is 3.73. The van der Waals surface area contributed by atoms with Gasteiger partial charge in [-0.25, -0.2) is 0 Å². The zero-order valence-electron chi connectivity index (χ0n) is 9.29. The fraction of sp³-hybridized carbons (Fsp3) is 0.900. The second-order valence-electron chi connectivity index (χ2n) is 4.77. The number of rotatable bonds is 1. The molecule has 5 heteroatoms. The molecule has 2 unspecified atom stereocenters. The van der Waals surface area contributed by atoms with Crippen LogP contribution in [0.2, 0.25) is 0 Å². The molecule has 2 rings (SSSR count). The van der Waals surface area contributed by atoms with E-state index in [4.69, 9.17) is 0 Å². The lowest BCUT2D eigenvalue weighted by Gasteiger charge is -2.40. The summed E-state index contributed by atoms with van der Waals surface area (Å²) in [5.74, 6) is -0.0691. The second-order valence-corrected chi connectivity index (χ2v) is 4.77. The summed E-state index contributed by atoms with van der Waals surface area (Å²) < 4.78 is 0. The minimum atomic E-state index is -0.885. The SMILES string of the molecule is CC(C)N1CCCC2(C1)NC(O)NC2=O. The Morgan fingerprint density at radius 1 is 1.60 bits per heavy atom. The van der Waals surface area contributed by atoms with Crippen LogP contribution >= 0.6 is 0 Å². The third-order valence-electron chi connectivity index (χ3n) is 3.37. The molecule has 2 atom stereocenters. The minimum absolute atomic E-state index is 0.0691. The van der Waals surface area contributed by atoms with Crippen molar-refractivity contribution < 1.29 is 9.90 Å². The van der Waals surface area contributed by atoms with E-state index in [0.717, 1.165) is 19.4 Å². The number of amides is 1. The first-order valence-electron chi connectivity index (χ1n) is 5.54. The van der Waals surface area contributed by atoms with Crippen LogP contribution in [0.15, 0.2) is 0 Å². The Labute approximate surface area is 89.8 Å². The van der Waals surface area contributed by atoms with Crippen LogP contribution < -0.4 is 10.6 Å². The molecule has 2 saturated heterocycles. The van der Waals surface area contributed by atoms with E-state index in [2.05, 4.69) is 29.4 Å². The molecule has 2 heterocycles. The first kappa shape index (κ1) is 10.9. The summed E-state index contributed by atoms with van der Waals surface area (Å²) in [6.45, 7) is 5.97. The lowest BCUT2D eigenvalue weighted by molar-refractivity contribution is -0.126. The zero-order chi connectivity index (χ0) is 11.1. The molecular formula is C10H19N3O2. The van der Waals surface area contributed by atoms with E-state index < -0.39 is 11.9 Å². The average molecular weight is 213 g/mol. The van der Waals surface area contributed by atoms with Crippen LogP contribution in [0.25, 0.3) is 0 Å². The lowest BCUT2D eigenvalue weighted by atomic mass is 9.88. The van der Waals surface area contributed by atoms with Crippen molar-refractivity contribution in [2.45, 2.75) is 44.6 Å². The molecule has 2 aliphatic heterocycles. The molecule has 1 spiro atoms. The Balaban J connectivity index is 2.11. The quantitative estimate of drug-likeness (QED) is 0.535. The Morgan fingerprint density at radius 3 is 2.87 bits per heavy atom. The molecule has 0 aromatic heterocycles. The number of aliphatic hydroxyl groups is 1. The van der Waals surface area contributed by atoms with Crippen molar-refractivity contribution in [3.8, 4) is 0 Å². The number of hydrogen-bond acceptors (Lipinski definition) is 4. The predicted molar refractivity (Wildman–Crippen MR) is 56.0 cm³/mol. The molecule has 15 heavy (non-hydrogen) atoms. The van der Waals surface area contributed by atoms with Crippen molar-refractivity contribution in [3.63, 3.8) is 0 Å². The van der Waals surface area contributed by atoms with Gasteiger partial charge in [0, 0.05) is 12.6 Å². The van der Waals surface area contributed by atoms with E-state index in [-0.39, 0.29) is 5.91 Å². The smallest absolute Gasteiger partial charge is 0.244 e. The largest absolute Gasteiger partial charge is 0.361 e. The highest BCUT2D eigenvalue weighted by atomic mass is 16.3. The highest BCUT2D eigenvalue weighted by Crippen LogP contribution is 2.25. The van der Waals surface area contributed by atoms with E-state index in [1.54, 1.807) is 0 Å². The number of carbonyl (C=O) groups excluding carboxylic acids is 1. The zero-order valence-corrected chi connectivity index (χ0v) is 9.29. The van der Waals surface area contributed by atoms with Crippen LogP contribution in [0, 0.1) is 0 Å². The monoisotopic (exact) mass is 213 g/mol. The Kier molecular flexibility index (Phi) is 2.70. The molecule has 86 valence electrons. The third-order valence-corrected chi connectivity index (χ3v) is 3.37. The Hall–Kier alpha value is -0.650. The normalized spacial score (nSPS) is 37.6. The summed E-state index contributed by atoms with van der Waals surface area (Å²) in [4.78, 5) is 14.0. The molecule has 2 aliphatic rings. The van der Waals surface area contributed by atoms with Crippen LogP contribution in [0.3, 0.4) is 0 Å². The number of nitrogens with one attached hydrogen (secondary N) is 2. The maximum Gasteiger partial charge on any atom is 0.244 e. The standard InChI is InChI=1S/C10H19N3O2/c1-7(2)13-5-3-4-10(6-13)8(14)11-9(15)12-10/h7,9,12,15H,3-6H2,1-2H3,(H,11,14). The third kappa shape index (κ3) is 1.87. The van der Waals surface area contributed by atoms with E-state index >= 15 is 0 Å². The van der Waals surface area contributed by atoms with Gasteiger partial charge in [-0.1, -0.05) is 0 Å². The highest BCUT2D eigenvalue weighted by Gasteiger charge is 2.48. The van der Waals surface area contributed by atoms with Crippen molar-refractivity contribution in [1.29, 1.82) is 0 Å². The predicted octanol–water partition coefficient (Wildman–Crippen LogP) is -0.775. The van der Waals surface area contributed by atoms with Gasteiger partial charge in [-0.2, -0.15) is 0 Å². The number of likely N-dealkylation sites (tertiary alicyclic amines) is 1. The summed E-state index contributed by atoms with van der Waals surface area (Å²) >= 11 is 0. The molecule has 2 fully saturated rings. The van der Waals surface area contributed by atoms with Crippen LogP contribution in [-0.2, 0) is 4.79 Å². The van der Waals surface area contributed by atoms with Crippen LogP contribution in [-0.4, -0.2) is 46.9 Å². The van der Waals surface area contributed by atoms with Crippen LogP contribution in [0.1, 0.15) is 26.7 Å². The van der Waals surface area contributed by atoms with Crippen LogP contribution in [0.5, 0.6) is 0 Å². The fourth-order valence-corrected chi connectivity index (χ4v) is 2.46. The van der Waals surface area contributed by atoms with E-state index in [1.165, 1.54) is 0 Å². The highest BCUT2D eigenvalue weighted by molar-refractivity contribution is 5.89. The van der Waals surface area contributed by atoms with Gasteiger partial charge in [-0.3, -0.25) is 15.0 Å². The van der Waals surface area contributed by atoms with Gasteiger partial charge < -0.3 is 10.4 Å². The molecule has 5 nitrogen and oxygen atoms in total. The van der Waals surface area contributed by atoms with Gasteiger partial charge in [-0.05, 0) is 33.2 Å². The summed E-state index contributed by atoms with van der Waals surface area (Å²) in [5.41, 5.74) is -0.568. The average Bonchev–Trinajstić information content (AvgIpc) is 2.41. The summed E-state index contributed by atoms with van der Waals surface area (Å²) in [5, 5.41) is 14.9. The van der Waals surface area contributed by atoms with Gasteiger partial charge in [0.1, 0.15) is 5.54 Å².